The zero-order chi connectivity index (χ0) is 12.1. The van der Waals surface area contributed by atoms with Crippen molar-refractivity contribution >= 4 is 50.4 Å². The van der Waals surface area contributed by atoms with Crippen LogP contribution in [-0.4, -0.2) is 16.9 Å². The highest BCUT2D eigenvalue weighted by Gasteiger charge is 2.13. The number of nitrogens with one attached hydrogen (secondary N) is 1. The molecule has 3 N–H and O–H groups in total. The van der Waals surface area contributed by atoms with Gasteiger partial charge >= 0.3 is 0 Å². The molecule has 0 aliphatic carbocycles. The van der Waals surface area contributed by atoms with Gasteiger partial charge in [0, 0.05) is 17.8 Å². The maximum atomic E-state index is 11.8. The lowest BCUT2D eigenvalue weighted by molar-refractivity contribution is 0.0937. The summed E-state index contributed by atoms with van der Waals surface area (Å²) < 4.78 is 0.944. The van der Waals surface area contributed by atoms with E-state index < -0.39 is 0 Å². The second-order valence-electron chi connectivity index (χ2n) is 3.39. The molecule has 0 aliphatic rings. The molecule has 1 unspecified atom stereocenters. The van der Waals surface area contributed by atoms with Crippen molar-refractivity contribution in [2.24, 2.45) is 5.73 Å². The van der Waals surface area contributed by atoms with Gasteiger partial charge in [-0.2, -0.15) is 0 Å². The van der Waals surface area contributed by atoms with E-state index in [0.717, 1.165) is 10.2 Å². The molecule has 1 atom stereocenters. The van der Waals surface area contributed by atoms with Crippen molar-refractivity contribution < 1.29 is 4.79 Å². The average Bonchev–Trinajstić information content (AvgIpc) is 2.63. The van der Waals surface area contributed by atoms with Crippen LogP contribution in [0.2, 0.25) is 0 Å². The number of carbonyl (C=O) groups excluding carboxylic acids is 1. The van der Waals surface area contributed by atoms with E-state index in [2.05, 4.69) is 21.2 Å². The first-order valence-corrected chi connectivity index (χ1v) is 6.94. The molecule has 88 valence electrons. The zero-order valence-corrected chi connectivity index (χ0v) is 12.0. The van der Waals surface area contributed by atoms with Crippen LogP contribution in [0.4, 0.5) is 0 Å². The van der Waals surface area contributed by atoms with E-state index in [9.17, 15) is 4.79 Å². The molecule has 0 fully saturated rings. The molecular formula is C10H13BrN2OS2. The van der Waals surface area contributed by atoms with Crippen molar-refractivity contribution in [1.29, 1.82) is 0 Å². The normalized spacial score (nSPS) is 12.1. The van der Waals surface area contributed by atoms with E-state index in [-0.39, 0.29) is 11.9 Å². The van der Waals surface area contributed by atoms with Gasteiger partial charge in [0.2, 0.25) is 0 Å². The number of thiocarbonyl (C=S) groups is 1. The second-order valence-corrected chi connectivity index (χ2v) is 6.20. The number of halogens is 1. The van der Waals surface area contributed by atoms with Crippen LogP contribution in [0, 0.1) is 0 Å². The number of nitrogens with two attached hydrogens (primary N) is 1. The Morgan fingerprint density at radius 1 is 1.75 bits per heavy atom. The first kappa shape index (κ1) is 13.6. The van der Waals surface area contributed by atoms with E-state index >= 15 is 0 Å². The number of rotatable bonds is 5. The van der Waals surface area contributed by atoms with Crippen molar-refractivity contribution in [2.45, 2.75) is 25.8 Å². The predicted molar refractivity (Wildman–Crippen MR) is 75.0 cm³/mol. The van der Waals surface area contributed by atoms with Crippen molar-refractivity contribution in [3.05, 3.63) is 20.8 Å². The molecule has 0 bridgehead atoms. The highest BCUT2D eigenvalue weighted by Crippen LogP contribution is 2.20. The lowest BCUT2D eigenvalue weighted by Gasteiger charge is -2.15. The summed E-state index contributed by atoms with van der Waals surface area (Å²) in [4.78, 5) is 12.2. The van der Waals surface area contributed by atoms with E-state index in [1.807, 2.05) is 12.3 Å². The highest BCUT2D eigenvalue weighted by atomic mass is 79.9. The zero-order valence-electron chi connectivity index (χ0n) is 8.83. The van der Waals surface area contributed by atoms with Gasteiger partial charge in [0.1, 0.15) is 0 Å². The number of hydrogen-bond acceptors (Lipinski definition) is 3. The molecule has 1 rings (SSSR count). The Bertz CT molecular complexity index is 392. The van der Waals surface area contributed by atoms with Crippen molar-refractivity contribution in [2.75, 3.05) is 0 Å². The Balaban J connectivity index is 2.58. The molecule has 6 heteroatoms. The van der Waals surface area contributed by atoms with E-state index in [1.54, 1.807) is 6.07 Å². The van der Waals surface area contributed by atoms with Crippen molar-refractivity contribution in [1.82, 2.24) is 5.32 Å². The minimum absolute atomic E-state index is 0.0173. The molecule has 16 heavy (non-hydrogen) atoms. The van der Waals surface area contributed by atoms with Gasteiger partial charge in [0.05, 0.1) is 14.3 Å². The SMILES string of the molecule is CCC(CC(N)=S)NC(=O)c1csc(Br)c1. The third kappa shape index (κ3) is 4.19. The topological polar surface area (TPSA) is 55.1 Å². The summed E-state index contributed by atoms with van der Waals surface area (Å²) >= 11 is 9.64. The first-order chi connectivity index (χ1) is 7.52. The molecule has 1 heterocycles. The maximum absolute atomic E-state index is 11.8. The molecule has 0 saturated heterocycles. The summed E-state index contributed by atoms with van der Waals surface area (Å²) in [5.74, 6) is -0.0787. The molecule has 0 aromatic carbocycles. The van der Waals surface area contributed by atoms with Gasteiger partial charge in [0.15, 0.2) is 0 Å². The van der Waals surface area contributed by atoms with Gasteiger partial charge in [-0.05, 0) is 28.4 Å². The molecule has 0 spiro atoms. The minimum atomic E-state index is -0.0787. The Morgan fingerprint density at radius 2 is 2.44 bits per heavy atom. The maximum Gasteiger partial charge on any atom is 0.252 e. The van der Waals surface area contributed by atoms with E-state index in [0.29, 0.717) is 17.0 Å². The fourth-order valence-electron chi connectivity index (χ4n) is 1.24. The molecule has 3 nitrogen and oxygen atoms in total. The smallest absolute Gasteiger partial charge is 0.252 e. The quantitative estimate of drug-likeness (QED) is 0.820. The lowest BCUT2D eigenvalue weighted by Crippen LogP contribution is -2.36. The first-order valence-electron chi connectivity index (χ1n) is 4.86. The average molecular weight is 321 g/mol. The highest BCUT2D eigenvalue weighted by molar-refractivity contribution is 9.11. The van der Waals surface area contributed by atoms with Crippen molar-refractivity contribution in [3.8, 4) is 0 Å². The molecule has 1 amide bonds. The van der Waals surface area contributed by atoms with Gasteiger partial charge in [-0.3, -0.25) is 4.79 Å². The van der Waals surface area contributed by atoms with E-state index in [4.69, 9.17) is 18.0 Å². The fraction of sp³-hybridized carbons (Fsp3) is 0.400. The minimum Gasteiger partial charge on any atom is -0.393 e. The van der Waals surface area contributed by atoms with Gasteiger partial charge in [-0.1, -0.05) is 19.1 Å². The Labute approximate surface area is 113 Å². The standard InChI is InChI=1S/C10H13BrN2OS2/c1-2-7(4-9(12)15)13-10(14)6-3-8(11)16-5-6/h3,5,7H,2,4H2,1H3,(H2,12,15)(H,13,14). The van der Waals surface area contributed by atoms with Crippen LogP contribution in [0.3, 0.4) is 0 Å². The Morgan fingerprint density at radius 3 is 2.88 bits per heavy atom. The summed E-state index contributed by atoms with van der Waals surface area (Å²) in [6, 6.07) is 1.82. The van der Waals surface area contributed by atoms with Crippen molar-refractivity contribution in [3.63, 3.8) is 0 Å². The molecule has 0 aliphatic heterocycles. The molecule has 1 aromatic heterocycles. The molecule has 0 saturated carbocycles. The third-order valence-electron chi connectivity index (χ3n) is 2.11. The van der Waals surface area contributed by atoms with Crippen LogP contribution in [0.1, 0.15) is 30.1 Å². The second kappa shape index (κ2) is 6.32. The summed E-state index contributed by atoms with van der Waals surface area (Å²) in [5.41, 5.74) is 6.13. The fourth-order valence-corrected chi connectivity index (χ4v) is 2.58. The van der Waals surface area contributed by atoms with Crippen LogP contribution in [0.15, 0.2) is 15.2 Å². The predicted octanol–water partition coefficient (Wildman–Crippen LogP) is 2.70. The van der Waals surface area contributed by atoms with Gasteiger partial charge in [-0.15, -0.1) is 11.3 Å². The van der Waals surface area contributed by atoms with Crippen LogP contribution in [0.5, 0.6) is 0 Å². The number of hydrogen-bond donors (Lipinski definition) is 2. The Kier molecular flexibility index (Phi) is 5.37. The summed E-state index contributed by atoms with van der Waals surface area (Å²) in [6.45, 7) is 1.99. The van der Waals surface area contributed by atoms with Gasteiger partial charge < -0.3 is 11.1 Å². The summed E-state index contributed by atoms with van der Waals surface area (Å²) in [6.07, 6.45) is 1.36. The number of carbonyl (C=O) groups is 1. The van der Waals surface area contributed by atoms with Gasteiger partial charge in [0.25, 0.3) is 5.91 Å². The molecular weight excluding hydrogens is 308 g/mol. The molecule has 1 aromatic rings. The van der Waals surface area contributed by atoms with Crippen LogP contribution < -0.4 is 11.1 Å². The summed E-state index contributed by atoms with van der Waals surface area (Å²) in [5, 5.41) is 4.72. The van der Waals surface area contributed by atoms with Gasteiger partial charge in [-0.25, -0.2) is 0 Å². The molecule has 0 radical (unpaired) electrons. The lowest BCUT2D eigenvalue weighted by atomic mass is 10.1. The van der Waals surface area contributed by atoms with Crippen LogP contribution >= 0.6 is 39.5 Å². The third-order valence-corrected chi connectivity index (χ3v) is 3.78. The monoisotopic (exact) mass is 320 g/mol. The van der Waals surface area contributed by atoms with Crippen LogP contribution in [-0.2, 0) is 0 Å². The van der Waals surface area contributed by atoms with E-state index in [1.165, 1.54) is 11.3 Å². The van der Waals surface area contributed by atoms with Crippen LogP contribution in [0.25, 0.3) is 0 Å². The number of amides is 1. The summed E-state index contributed by atoms with van der Waals surface area (Å²) in [7, 11) is 0. The Hall–Kier alpha value is -0.460. The number of thiophene rings is 1. The largest absolute Gasteiger partial charge is 0.393 e.